The van der Waals surface area contributed by atoms with E-state index >= 15 is 0 Å². The molecule has 0 aliphatic rings. The fourth-order valence-corrected chi connectivity index (χ4v) is 4.29. The highest BCUT2D eigenvalue weighted by Gasteiger charge is 2.34. The van der Waals surface area contributed by atoms with E-state index in [-0.39, 0.29) is 29.5 Å². The molecule has 11 heteroatoms. The number of sulfonamides is 1. The number of halogens is 3. The standard InChI is InChI=1S/C19H21F3N2O5S/c1-13-6-7-16(29-2)17(10-13)30(27,28)24(12-18(26)23-8-9-25)15-5-3-4-14(11-15)19(20,21)22/h3-7,10-11,25H,8-9,12H2,1-2H3,(H,23,26). The Morgan fingerprint density at radius 1 is 1.20 bits per heavy atom. The molecule has 0 fully saturated rings. The molecule has 164 valence electrons. The largest absolute Gasteiger partial charge is 0.495 e. The molecule has 0 heterocycles. The maximum absolute atomic E-state index is 13.4. The molecule has 0 bridgehead atoms. The number of benzene rings is 2. The maximum Gasteiger partial charge on any atom is 0.416 e. The van der Waals surface area contributed by atoms with Crippen LogP contribution in [-0.4, -0.2) is 46.2 Å². The number of aliphatic hydroxyl groups excluding tert-OH is 1. The summed E-state index contributed by atoms with van der Waals surface area (Å²) in [7, 11) is -3.23. The van der Waals surface area contributed by atoms with Crippen LogP contribution >= 0.6 is 0 Å². The first-order valence-electron chi connectivity index (χ1n) is 8.73. The van der Waals surface area contributed by atoms with Crippen molar-refractivity contribution in [3.63, 3.8) is 0 Å². The molecule has 0 saturated carbocycles. The highest BCUT2D eigenvalue weighted by molar-refractivity contribution is 7.93. The van der Waals surface area contributed by atoms with Gasteiger partial charge in [-0.1, -0.05) is 12.1 Å². The molecule has 2 aromatic rings. The molecule has 2 rings (SSSR count). The molecule has 2 aromatic carbocycles. The average Bonchev–Trinajstić information content (AvgIpc) is 2.69. The van der Waals surface area contributed by atoms with E-state index in [1.165, 1.54) is 19.2 Å². The number of hydrogen-bond donors (Lipinski definition) is 2. The molecule has 0 aliphatic carbocycles. The van der Waals surface area contributed by atoms with Crippen LogP contribution in [-0.2, 0) is 21.0 Å². The van der Waals surface area contributed by atoms with Crippen molar-refractivity contribution in [2.75, 3.05) is 31.1 Å². The predicted molar refractivity (Wildman–Crippen MR) is 104 cm³/mol. The van der Waals surface area contributed by atoms with Gasteiger partial charge in [-0.2, -0.15) is 13.2 Å². The minimum atomic E-state index is -4.70. The summed E-state index contributed by atoms with van der Waals surface area (Å²) in [6.45, 7) is 0.332. The van der Waals surface area contributed by atoms with Gasteiger partial charge in [0.1, 0.15) is 17.2 Å². The van der Waals surface area contributed by atoms with Gasteiger partial charge in [-0.15, -0.1) is 0 Å². The van der Waals surface area contributed by atoms with E-state index in [2.05, 4.69) is 5.32 Å². The molecule has 0 aromatic heterocycles. The van der Waals surface area contributed by atoms with E-state index in [4.69, 9.17) is 9.84 Å². The van der Waals surface area contributed by atoms with Gasteiger partial charge in [0.25, 0.3) is 10.0 Å². The molecule has 0 unspecified atom stereocenters. The van der Waals surface area contributed by atoms with Gasteiger partial charge in [0.2, 0.25) is 5.91 Å². The monoisotopic (exact) mass is 446 g/mol. The number of anilines is 1. The quantitative estimate of drug-likeness (QED) is 0.649. The van der Waals surface area contributed by atoms with Gasteiger partial charge in [-0.3, -0.25) is 9.10 Å². The van der Waals surface area contributed by atoms with E-state index < -0.39 is 34.2 Å². The zero-order valence-corrected chi connectivity index (χ0v) is 17.0. The number of amides is 1. The van der Waals surface area contributed by atoms with Crippen molar-refractivity contribution >= 4 is 21.6 Å². The van der Waals surface area contributed by atoms with Gasteiger partial charge in [-0.05, 0) is 42.8 Å². The number of nitrogens with zero attached hydrogens (tertiary/aromatic N) is 1. The second-order valence-corrected chi connectivity index (χ2v) is 8.12. The normalized spacial score (nSPS) is 11.8. The molecule has 0 atom stereocenters. The lowest BCUT2D eigenvalue weighted by atomic mass is 10.2. The Morgan fingerprint density at radius 3 is 2.50 bits per heavy atom. The third-order valence-corrected chi connectivity index (χ3v) is 5.86. The van der Waals surface area contributed by atoms with Crippen molar-refractivity contribution in [3.8, 4) is 5.75 Å². The lowest BCUT2D eigenvalue weighted by Gasteiger charge is -2.25. The summed E-state index contributed by atoms with van der Waals surface area (Å²) in [6.07, 6.45) is -4.70. The number of aryl methyl sites for hydroxylation is 1. The molecule has 0 spiro atoms. The Labute approximate surface area is 172 Å². The molecule has 30 heavy (non-hydrogen) atoms. The number of carbonyl (C=O) groups excluding carboxylic acids is 1. The molecule has 1 amide bonds. The van der Waals surface area contributed by atoms with E-state index in [0.717, 1.165) is 18.2 Å². The fraction of sp³-hybridized carbons (Fsp3) is 0.316. The van der Waals surface area contributed by atoms with E-state index in [9.17, 15) is 26.4 Å². The van der Waals surface area contributed by atoms with E-state index in [0.29, 0.717) is 15.9 Å². The number of aliphatic hydroxyl groups is 1. The topological polar surface area (TPSA) is 95.9 Å². The van der Waals surface area contributed by atoms with Crippen LogP contribution in [0.5, 0.6) is 5.75 Å². The Balaban J connectivity index is 2.62. The average molecular weight is 446 g/mol. The van der Waals surface area contributed by atoms with Crippen LogP contribution in [0.3, 0.4) is 0 Å². The van der Waals surface area contributed by atoms with Gasteiger partial charge in [-0.25, -0.2) is 8.42 Å². The SMILES string of the molecule is COc1ccc(C)cc1S(=O)(=O)N(CC(=O)NCCO)c1cccc(C(F)(F)F)c1. The molecule has 0 radical (unpaired) electrons. The van der Waals surface area contributed by atoms with Crippen LogP contribution in [0.2, 0.25) is 0 Å². The molecular formula is C19H21F3N2O5S. The van der Waals surface area contributed by atoms with Crippen LogP contribution < -0.4 is 14.4 Å². The van der Waals surface area contributed by atoms with Crippen molar-refractivity contribution < 1.29 is 36.2 Å². The molecule has 0 aliphatic heterocycles. The minimum Gasteiger partial charge on any atom is -0.495 e. The summed E-state index contributed by atoms with van der Waals surface area (Å²) in [5.74, 6) is -0.815. The number of methoxy groups -OCH3 is 1. The van der Waals surface area contributed by atoms with E-state index in [1.54, 1.807) is 13.0 Å². The van der Waals surface area contributed by atoms with Gasteiger partial charge in [0.15, 0.2) is 0 Å². The van der Waals surface area contributed by atoms with Crippen LogP contribution in [0.25, 0.3) is 0 Å². The van der Waals surface area contributed by atoms with Crippen LogP contribution in [0, 0.1) is 6.92 Å². The first kappa shape index (κ1) is 23.5. The fourth-order valence-electron chi connectivity index (χ4n) is 2.64. The zero-order chi connectivity index (χ0) is 22.5. The maximum atomic E-state index is 13.4. The third kappa shape index (κ3) is 5.42. The number of hydrogen-bond acceptors (Lipinski definition) is 5. The van der Waals surface area contributed by atoms with Gasteiger partial charge >= 0.3 is 6.18 Å². The van der Waals surface area contributed by atoms with Crippen molar-refractivity contribution in [1.82, 2.24) is 5.32 Å². The van der Waals surface area contributed by atoms with Gasteiger partial charge in [0, 0.05) is 6.54 Å². The summed E-state index contributed by atoms with van der Waals surface area (Å²) in [4.78, 5) is 11.9. The second kappa shape index (κ2) is 9.35. The van der Waals surface area contributed by atoms with Crippen molar-refractivity contribution in [2.45, 2.75) is 18.0 Å². The zero-order valence-electron chi connectivity index (χ0n) is 16.2. The predicted octanol–water partition coefficient (Wildman–Crippen LogP) is 2.33. The van der Waals surface area contributed by atoms with E-state index in [1.807, 2.05) is 0 Å². The summed E-state index contributed by atoms with van der Waals surface area (Å²) >= 11 is 0. The van der Waals surface area contributed by atoms with Crippen LogP contribution in [0.1, 0.15) is 11.1 Å². The molecular weight excluding hydrogens is 425 g/mol. The first-order chi connectivity index (χ1) is 14.0. The Bertz CT molecular complexity index is 1010. The number of ether oxygens (including phenoxy) is 1. The highest BCUT2D eigenvalue weighted by Crippen LogP contribution is 2.35. The molecule has 7 nitrogen and oxygen atoms in total. The van der Waals surface area contributed by atoms with Crippen LogP contribution in [0.4, 0.5) is 18.9 Å². The number of rotatable bonds is 8. The summed E-state index contributed by atoms with van der Waals surface area (Å²) in [5, 5.41) is 11.1. The molecule has 0 saturated heterocycles. The van der Waals surface area contributed by atoms with Crippen molar-refractivity contribution in [3.05, 3.63) is 53.6 Å². The summed E-state index contributed by atoms with van der Waals surface area (Å²) < 4.78 is 71.9. The van der Waals surface area contributed by atoms with Gasteiger partial charge in [0.05, 0.1) is 25.0 Å². The third-order valence-electron chi connectivity index (χ3n) is 4.07. The Morgan fingerprint density at radius 2 is 1.90 bits per heavy atom. The number of nitrogens with one attached hydrogen (secondary N) is 1. The van der Waals surface area contributed by atoms with Gasteiger partial charge < -0.3 is 15.2 Å². The van der Waals surface area contributed by atoms with Crippen LogP contribution in [0.15, 0.2) is 47.4 Å². The summed E-state index contributed by atoms with van der Waals surface area (Å²) in [6, 6.07) is 8.00. The highest BCUT2D eigenvalue weighted by atomic mass is 32.2. The lowest BCUT2D eigenvalue weighted by Crippen LogP contribution is -2.41. The summed E-state index contributed by atoms with van der Waals surface area (Å²) in [5.41, 5.74) is -0.831. The Kier molecular flexibility index (Phi) is 7.32. The smallest absolute Gasteiger partial charge is 0.416 e. The number of alkyl halides is 3. The minimum absolute atomic E-state index is 0.0201. The Hall–Kier alpha value is -2.79. The first-order valence-corrected chi connectivity index (χ1v) is 10.2. The lowest BCUT2D eigenvalue weighted by molar-refractivity contribution is -0.137. The van der Waals surface area contributed by atoms with Crippen molar-refractivity contribution in [2.24, 2.45) is 0 Å². The molecule has 2 N–H and O–H groups in total. The second-order valence-electron chi connectivity index (χ2n) is 6.29. The van der Waals surface area contributed by atoms with Crippen molar-refractivity contribution in [1.29, 1.82) is 0 Å². The number of carbonyl (C=O) groups is 1.